The summed E-state index contributed by atoms with van der Waals surface area (Å²) in [6, 6.07) is 6.76. The molecule has 0 spiro atoms. The SMILES string of the molecule is O=C(CCCn1cc(-c2ccc(F)cc2)cn1)NC1CCCC1. The average molecular weight is 315 g/mol. The highest BCUT2D eigenvalue weighted by atomic mass is 19.1. The quantitative estimate of drug-likeness (QED) is 0.886. The van der Waals surface area contributed by atoms with Gasteiger partial charge in [-0.3, -0.25) is 9.48 Å². The van der Waals surface area contributed by atoms with Crippen LogP contribution in [0.15, 0.2) is 36.7 Å². The molecule has 3 rings (SSSR count). The van der Waals surface area contributed by atoms with Gasteiger partial charge in [0, 0.05) is 30.8 Å². The summed E-state index contributed by atoms with van der Waals surface area (Å²) in [6.07, 6.45) is 9.69. The molecule has 1 aliphatic rings. The van der Waals surface area contributed by atoms with E-state index in [4.69, 9.17) is 0 Å². The van der Waals surface area contributed by atoms with E-state index in [1.807, 2.05) is 10.9 Å². The molecule has 1 aliphatic carbocycles. The Hall–Kier alpha value is -2.17. The summed E-state index contributed by atoms with van der Waals surface area (Å²) in [6.45, 7) is 0.708. The Morgan fingerprint density at radius 1 is 1.22 bits per heavy atom. The molecule has 1 aromatic heterocycles. The number of halogens is 1. The summed E-state index contributed by atoms with van der Waals surface area (Å²) >= 11 is 0. The zero-order valence-corrected chi connectivity index (χ0v) is 13.2. The van der Waals surface area contributed by atoms with E-state index in [9.17, 15) is 9.18 Å². The minimum absolute atomic E-state index is 0.141. The van der Waals surface area contributed by atoms with Crippen LogP contribution in [-0.4, -0.2) is 21.7 Å². The molecule has 1 amide bonds. The van der Waals surface area contributed by atoms with Gasteiger partial charge in [-0.1, -0.05) is 25.0 Å². The van der Waals surface area contributed by atoms with E-state index in [1.165, 1.54) is 25.0 Å². The van der Waals surface area contributed by atoms with Gasteiger partial charge in [0.2, 0.25) is 5.91 Å². The van der Waals surface area contributed by atoms with Gasteiger partial charge in [0.05, 0.1) is 6.20 Å². The maximum Gasteiger partial charge on any atom is 0.220 e. The van der Waals surface area contributed by atoms with Crippen molar-refractivity contribution < 1.29 is 9.18 Å². The molecule has 1 saturated carbocycles. The van der Waals surface area contributed by atoms with Gasteiger partial charge in [0.15, 0.2) is 0 Å². The van der Waals surface area contributed by atoms with Crippen LogP contribution in [0.5, 0.6) is 0 Å². The third-order valence-corrected chi connectivity index (χ3v) is 4.32. The Kier molecular flexibility index (Phi) is 5.05. The maximum absolute atomic E-state index is 12.9. The van der Waals surface area contributed by atoms with Crippen LogP contribution >= 0.6 is 0 Å². The Balaban J connectivity index is 1.45. The summed E-state index contributed by atoms with van der Waals surface area (Å²) in [4.78, 5) is 11.9. The van der Waals surface area contributed by atoms with Crippen molar-refractivity contribution >= 4 is 5.91 Å². The number of rotatable bonds is 6. The van der Waals surface area contributed by atoms with Crippen molar-refractivity contribution in [3.05, 3.63) is 42.5 Å². The molecule has 0 atom stereocenters. The Morgan fingerprint density at radius 2 is 1.96 bits per heavy atom. The van der Waals surface area contributed by atoms with Gasteiger partial charge in [0.25, 0.3) is 0 Å². The molecule has 1 fully saturated rings. The van der Waals surface area contributed by atoms with Gasteiger partial charge in [0.1, 0.15) is 5.82 Å². The van der Waals surface area contributed by atoms with Crippen molar-refractivity contribution in [2.75, 3.05) is 0 Å². The monoisotopic (exact) mass is 315 g/mol. The third-order valence-electron chi connectivity index (χ3n) is 4.32. The van der Waals surface area contributed by atoms with Crippen LogP contribution in [0.2, 0.25) is 0 Å². The van der Waals surface area contributed by atoms with Crippen molar-refractivity contribution in [1.29, 1.82) is 0 Å². The van der Waals surface area contributed by atoms with Crippen LogP contribution in [-0.2, 0) is 11.3 Å². The van der Waals surface area contributed by atoms with Crippen LogP contribution in [0.4, 0.5) is 4.39 Å². The molecule has 23 heavy (non-hydrogen) atoms. The zero-order valence-electron chi connectivity index (χ0n) is 13.2. The number of aromatic nitrogens is 2. The van der Waals surface area contributed by atoms with E-state index >= 15 is 0 Å². The minimum Gasteiger partial charge on any atom is -0.353 e. The second-order valence-corrected chi connectivity index (χ2v) is 6.15. The molecular weight excluding hydrogens is 293 g/mol. The minimum atomic E-state index is -0.241. The van der Waals surface area contributed by atoms with Crippen molar-refractivity contribution in [3.8, 4) is 11.1 Å². The number of carbonyl (C=O) groups is 1. The van der Waals surface area contributed by atoms with Crippen LogP contribution in [0.1, 0.15) is 38.5 Å². The number of nitrogens with zero attached hydrogens (tertiary/aromatic N) is 2. The number of nitrogens with one attached hydrogen (secondary N) is 1. The standard InChI is InChI=1S/C18H22FN3O/c19-16-9-7-14(8-10-16)15-12-20-22(13-15)11-3-6-18(23)21-17-4-1-2-5-17/h7-10,12-13,17H,1-6,11H2,(H,21,23). The molecule has 1 heterocycles. The fraction of sp³-hybridized carbons (Fsp3) is 0.444. The second-order valence-electron chi connectivity index (χ2n) is 6.15. The maximum atomic E-state index is 12.9. The first kappa shape index (κ1) is 15.7. The number of benzene rings is 1. The van der Waals surface area contributed by atoms with Crippen LogP contribution in [0.3, 0.4) is 0 Å². The molecule has 0 saturated heterocycles. The molecule has 0 unspecified atom stereocenters. The van der Waals surface area contributed by atoms with E-state index in [2.05, 4.69) is 10.4 Å². The van der Waals surface area contributed by atoms with Crippen molar-refractivity contribution in [3.63, 3.8) is 0 Å². The predicted octanol–water partition coefficient (Wildman–Crippen LogP) is 3.53. The average Bonchev–Trinajstić information content (AvgIpc) is 3.20. The lowest BCUT2D eigenvalue weighted by atomic mass is 10.1. The highest BCUT2D eigenvalue weighted by molar-refractivity contribution is 5.76. The van der Waals surface area contributed by atoms with E-state index in [1.54, 1.807) is 18.3 Å². The van der Waals surface area contributed by atoms with Gasteiger partial charge in [-0.25, -0.2) is 4.39 Å². The molecule has 122 valence electrons. The number of hydrogen-bond acceptors (Lipinski definition) is 2. The Labute approximate surface area is 135 Å². The summed E-state index contributed by atoms with van der Waals surface area (Å²) < 4.78 is 14.8. The van der Waals surface area contributed by atoms with Crippen molar-refractivity contribution in [2.45, 2.75) is 51.1 Å². The van der Waals surface area contributed by atoms with Gasteiger partial charge in [-0.2, -0.15) is 5.10 Å². The highest BCUT2D eigenvalue weighted by Crippen LogP contribution is 2.19. The first-order valence-corrected chi connectivity index (χ1v) is 8.28. The summed E-state index contributed by atoms with van der Waals surface area (Å²) in [5.74, 6) is -0.0998. The molecule has 0 radical (unpaired) electrons. The molecule has 2 aromatic rings. The molecule has 5 heteroatoms. The fourth-order valence-electron chi connectivity index (χ4n) is 3.05. The molecule has 0 aliphatic heterocycles. The highest BCUT2D eigenvalue weighted by Gasteiger charge is 2.16. The molecule has 4 nitrogen and oxygen atoms in total. The fourth-order valence-corrected chi connectivity index (χ4v) is 3.05. The first-order valence-electron chi connectivity index (χ1n) is 8.28. The number of amides is 1. The van der Waals surface area contributed by atoms with Gasteiger partial charge < -0.3 is 5.32 Å². The molecule has 1 N–H and O–H groups in total. The van der Waals surface area contributed by atoms with Crippen LogP contribution in [0, 0.1) is 5.82 Å². The number of carbonyl (C=O) groups excluding carboxylic acids is 1. The van der Waals surface area contributed by atoms with Gasteiger partial charge >= 0.3 is 0 Å². The number of hydrogen-bond donors (Lipinski definition) is 1. The van der Waals surface area contributed by atoms with Crippen LogP contribution < -0.4 is 5.32 Å². The lowest BCUT2D eigenvalue weighted by Gasteiger charge is -2.11. The van der Waals surface area contributed by atoms with E-state index < -0.39 is 0 Å². The number of aryl methyl sites for hydroxylation is 1. The van der Waals surface area contributed by atoms with E-state index in [0.29, 0.717) is 19.0 Å². The second kappa shape index (κ2) is 7.40. The van der Waals surface area contributed by atoms with E-state index in [0.717, 1.165) is 30.4 Å². The van der Waals surface area contributed by atoms with Crippen molar-refractivity contribution in [1.82, 2.24) is 15.1 Å². The summed E-state index contributed by atoms with van der Waals surface area (Å²) in [5.41, 5.74) is 1.90. The topological polar surface area (TPSA) is 46.9 Å². The van der Waals surface area contributed by atoms with Gasteiger partial charge in [-0.15, -0.1) is 0 Å². The Morgan fingerprint density at radius 3 is 2.70 bits per heavy atom. The Bertz CT molecular complexity index is 645. The van der Waals surface area contributed by atoms with Gasteiger partial charge in [-0.05, 0) is 37.0 Å². The molecule has 0 bridgehead atoms. The lowest BCUT2D eigenvalue weighted by Crippen LogP contribution is -2.32. The van der Waals surface area contributed by atoms with Crippen LogP contribution in [0.25, 0.3) is 11.1 Å². The lowest BCUT2D eigenvalue weighted by molar-refractivity contribution is -0.121. The predicted molar refractivity (Wildman–Crippen MR) is 87.3 cm³/mol. The molecule has 1 aromatic carbocycles. The summed E-state index contributed by atoms with van der Waals surface area (Å²) in [7, 11) is 0. The normalized spacial score (nSPS) is 15.0. The smallest absolute Gasteiger partial charge is 0.220 e. The molecular formula is C18H22FN3O. The summed E-state index contributed by atoms with van der Waals surface area (Å²) in [5, 5.41) is 7.40. The van der Waals surface area contributed by atoms with Crippen molar-refractivity contribution in [2.24, 2.45) is 0 Å². The van der Waals surface area contributed by atoms with E-state index in [-0.39, 0.29) is 11.7 Å². The largest absolute Gasteiger partial charge is 0.353 e. The first-order chi connectivity index (χ1) is 11.2. The zero-order chi connectivity index (χ0) is 16.1. The third kappa shape index (κ3) is 4.41.